The van der Waals surface area contributed by atoms with Gasteiger partial charge in [0.25, 0.3) is 0 Å². The molecule has 0 saturated carbocycles. The number of fused-ring (bicyclic) bond motifs is 1. The van der Waals surface area contributed by atoms with E-state index in [2.05, 4.69) is 10.7 Å². The minimum atomic E-state index is -1.02. The quantitative estimate of drug-likeness (QED) is 0.376. The number of nitrogens with one attached hydrogen (secondary N) is 1. The first-order valence-corrected chi connectivity index (χ1v) is 10.6. The van der Waals surface area contributed by atoms with Gasteiger partial charge in [-0.1, -0.05) is 41.9 Å². The standard InChI is InChI=1S/C23H22ClNO3S/c1-23(26,14-25-10-17-5-2-3-8-21(17)24)15-28-18-7-4-6-16(9-18)20-13-29-22-12-27-11-19(20)22/h2-9,11-13,25-26H,10,14-15H2,1H3/t23-/m0/s1. The molecule has 4 aromatic rings. The lowest BCUT2D eigenvalue weighted by atomic mass is 10.1. The van der Waals surface area contributed by atoms with Crippen molar-refractivity contribution in [1.82, 2.24) is 5.32 Å². The number of furan rings is 1. The normalized spacial score (nSPS) is 13.5. The fourth-order valence-electron chi connectivity index (χ4n) is 3.13. The number of benzene rings is 2. The Bertz CT molecular complexity index is 1100. The van der Waals surface area contributed by atoms with Crippen LogP contribution in [0.15, 0.2) is 70.9 Å². The Morgan fingerprint density at radius 1 is 1.17 bits per heavy atom. The maximum atomic E-state index is 10.7. The molecule has 0 unspecified atom stereocenters. The van der Waals surface area contributed by atoms with Crippen LogP contribution in [0.4, 0.5) is 0 Å². The highest BCUT2D eigenvalue weighted by molar-refractivity contribution is 7.17. The van der Waals surface area contributed by atoms with Crippen molar-refractivity contribution in [3.8, 4) is 16.9 Å². The number of aliphatic hydroxyl groups is 1. The Balaban J connectivity index is 1.36. The van der Waals surface area contributed by atoms with Crippen molar-refractivity contribution in [1.29, 1.82) is 0 Å². The van der Waals surface area contributed by atoms with Gasteiger partial charge in [-0.05, 0) is 36.2 Å². The van der Waals surface area contributed by atoms with Gasteiger partial charge in [0.1, 0.15) is 24.2 Å². The van der Waals surface area contributed by atoms with Crippen molar-refractivity contribution >= 4 is 33.0 Å². The summed E-state index contributed by atoms with van der Waals surface area (Å²) in [6, 6.07) is 15.6. The minimum Gasteiger partial charge on any atom is -0.491 e. The van der Waals surface area contributed by atoms with Crippen LogP contribution >= 0.6 is 22.9 Å². The highest BCUT2D eigenvalue weighted by Crippen LogP contribution is 2.35. The Kier molecular flexibility index (Phi) is 5.92. The van der Waals surface area contributed by atoms with Crippen LogP contribution in [0, 0.1) is 0 Å². The molecule has 0 aliphatic rings. The van der Waals surface area contributed by atoms with Crippen molar-refractivity contribution in [2.45, 2.75) is 19.1 Å². The largest absolute Gasteiger partial charge is 0.491 e. The number of thiophene rings is 1. The van der Waals surface area contributed by atoms with E-state index in [1.165, 1.54) is 0 Å². The Labute approximate surface area is 178 Å². The van der Waals surface area contributed by atoms with Gasteiger partial charge >= 0.3 is 0 Å². The van der Waals surface area contributed by atoms with Crippen LogP contribution in [0.1, 0.15) is 12.5 Å². The van der Waals surface area contributed by atoms with Crippen molar-refractivity contribution in [3.05, 3.63) is 77.0 Å². The second-order valence-electron chi connectivity index (χ2n) is 7.31. The van der Waals surface area contributed by atoms with E-state index >= 15 is 0 Å². The fourth-order valence-corrected chi connectivity index (χ4v) is 4.24. The molecule has 0 radical (unpaired) electrons. The summed E-state index contributed by atoms with van der Waals surface area (Å²) in [4.78, 5) is 0. The Hall–Kier alpha value is -2.31. The number of hydrogen-bond donors (Lipinski definition) is 2. The van der Waals surface area contributed by atoms with E-state index < -0.39 is 5.60 Å². The molecule has 0 saturated heterocycles. The zero-order chi connectivity index (χ0) is 20.3. The molecule has 0 bridgehead atoms. The summed E-state index contributed by atoms with van der Waals surface area (Å²) < 4.78 is 12.3. The third-order valence-corrected chi connectivity index (χ3v) is 5.99. The van der Waals surface area contributed by atoms with Crippen molar-refractivity contribution in [2.24, 2.45) is 0 Å². The van der Waals surface area contributed by atoms with E-state index in [1.54, 1.807) is 30.8 Å². The van der Waals surface area contributed by atoms with Gasteiger partial charge in [0, 0.05) is 34.4 Å². The zero-order valence-corrected chi connectivity index (χ0v) is 17.6. The maximum absolute atomic E-state index is 10.7. The van der Waals surface area contributed by atoms with Crippen LogP contribution in [0.3, 0.4) is 0 Å². The van der Waals surface area contributed by atoms with E-state index in [9.17, 15) is 5.11 Å². The highest BCUT2D eigenvalue weighted by Gasteiger charge is 2.21. The van der Waals surface area contributed by atoms with Gasteiger partial charge in [0.05, 0.1) is 11.0 Å². The average Bonchev–Trinajstić information content (AvgIpc) is 3.32. The molecule has 2 aromatic carbocycles. The first-order valence-electron chi connectivity index (χ1n) is 9.35. The summed E-state index contributed by atoms with van der Waals surface area (Å²) in [5.74, 6) is 0.719. The number of hydrogen-bond acceptors (Lipinski definition) is 5. The van der Waals surface area contributed by atoms with Gasteiger partial charge in [-0.25, -0.2) is 0 Å². The predicted octanol–water partition coefficient (Wildman–Crippen LogP) is 5.73. The molecule has 29 heavy (non-hydrogen) atoms. The van der Waals surface area contributed by atoms with Crippen molar-refractivity contribution in [2.75, 3.05) is 13.2 Å². The number of halogens is 1. The van der Waals surface area contributed by atoms with Crippen LogP contribution in [0.25, 0.3) is 21.2 Å². The topological polar surface area (TPSA) is 54.6 Å². The van der Waals surface area contributed by atoms with Gasteiger partial charge in [-0.3, -0.25) is 0 Å². The van der Waals surface area contributed by atoms with E-state index in [0.29, 0.717) is 18.1 Å². The first-order chi connectivity index (χ1) is 14.0. The van der Waals surface area contributed by atoms with E-state index in [4.69, 9.17) is 20.8 Å². The first kappa shape index (κ1) is 20.0. The molecule has 0 aliphatic carbocycles. The number of ether oxygens (including phenoxy) is 1. The van der Waals surface area contributed by atoms with Crippen LogP contribution in [-0.2, 0) is 6.54 Å². The summed E-state index contributed by atoms with van der Waals surface area (Å²) in [5.41, 5.74) is 2.17. The third kappa shape index (κ3) is 4.82. The van der Waals surface area contributed by atoms with Crippen LogP contribution < -0.4 is 10.1 Å². The molecule has 2 aromatic heterocycles. The second-order valence-corrected chi connectivity index (χ2v) is 8.63. The van der Waals surface area contributed by atoms with Crippen molar-refractivity contribution in [3.63, 3.8) is 0 Å². The molecule has 0 amide bonds. The van der Waals surface area contributed by atoms with E-state index in [-0.39, 0.29) is 6.61 Å². The molecule has 4 nitrogen and oxygen atoms in total. The highest BCUT2D eigenvalue weighted by atomic mass is 35.5. The molecule has 4 rings (SSSR count). The summed E-state index contributed by atoms with van der Waals surface area (Å²) in [6.07, 6.45) is 3.53. The molecule has 0 fully saturated rings. The summed E-state index contributed by atoms with van der Waals surface area (Å²) >= 11 is 7.82. The molecule has 0 aliphatic heterocycles. The minimum absolute atomic E-state index is 0.177. The lowest BCUT2D eigenvalue weighted by Crippen LogP contribution is -2.42. The average molecular weight is 428 g/mol. The van der Waals surface area contributed by atoms with Gasteiger partial charge in [0.15, 0.2) is 0 Å². The monoisotopic (exact) mass is 427 g/mol. The maximum Gasteiger partial charge on any atom is 0.120 e. The van der Waals surface area contributed by atoms with Gasteiger partial charge in [0.2, 0.25) is 0 Å². The van der Waals surface area contributed by atoms with Crippen LogP contribution in [-0.4, -0.2) is 23.9 Å². The number of rotatable bonds is 8. The summed E-state index contributed by atoms with van der Waals surface area (Å²) in [5, 5.41) is 17.8. The molecule has 150 valence electrons. The summed E-state index contributed by atoms with van der Waals surface area (Å²) in [7, 11) is 0. The molecule has 0 spiro atoms. The predicted molar refractivity (Wildman–Crippen MR) is 119 cm³/mol. The lowest BCUT2D eigenvalue weighted by Gasteiger charge is -2.24. The summed E-state index contributed by atoms with van der Waals surface area (Å²) in [6.45, 7) is 2.91. The molecular formula is C23H22ClNO3S. The van der Waals surface area contributed by atoms with E-state index in [0.717, 1.165) is 32.5 Å². The Morgan fingerprint density at radius 2 is 2.03 bits per heavy atom. The van der Waals surface area contributed by atoms with Gasteiger partial charge in [-0.2, -0.15) is 0 Å². The van der Waals surface area contributed by atoms with Crippen LogP contribution in [0.2, 0.25) is 5.02 Å². The van der Waals surface area contributed by atoms with Crippen molar-refractivity contribution < 1.29 is 14.3 Å². The molecule has 1 atom stereocenters. The molecule has 2 N–H and O–H groups in total. The SMILES string of the molecule is C[C@](O)(CNCc1ccccc1Cl)COc1cccc(-c2csc3cocc23)c1. The zero-order valence-electron chi connectivity index (χ0n) is 16.0. The Morgan fingerprint density at radius 3 is 2.90 bits per heavy atom. The van der Waals surface area contributed by atoms with Crippen LogP contribution in [0.5, 0.6) is 5.75 Å². The molecule has 6 heteroatoms. The molecular weight excluding hydrogens is 406 g/mol. The fraction of sp³-hybridized carbons (Fsp3) is 0.217. The third-order valence-electron chi connectivity index (χ3n) is 4.69. The van der Waals surface area contributed by atoms with Gasteiger partial charge < -0.3 is 19.6 Å². The van der Waals surface area contributed by atoms with E-state index in [1.807, 2.05) is 48.5 Å². The smallest absolute Gasteiger partial charge is 0.120 e. The second kappa shape index (κ2) is 8.59. The molecule has 2 heterocycles. The lowest BCUT2D eigenvalue weighted by molar-refractivity contribution is 0.0121. The van der Waals surface area contributed by atoms with Gasteiger partial charge in [-0.15, -0.1) is 11.3 Å².